The summed E-state index contributed by atoms with van der Waals surface area (Å²) in [5.41, 5.74) is 1.61. The molecule has 1 aliphatic rings. The van der Waals surface area contributed by atoms with E-state index in [9.17, 15) is 18.8 Å². The third kappa shape index (κ3) is 6.19. The highest BCUT2D eigenvalue weighted by Gasteiger charge is 2.28. The average molecular weight is 454 g/mol. The molecule has 1 fully saturated rings. The van der Waals surface area contributed by atoms with Gasteiger partial charge in [0.25, 0.3) is 5.91 Å². The number of ether oxygens (including phenoxy) is 1. The molecular formula is C25H28FN3O4. The van der Waals surface area contributed by atoms with E-state index in [0.29, 0.717) is 37.3 Å². The van der Waals surface area contributed by atoms with Crippen molar-refractivity contribution in [3.05, 3.63) is 71.0 Å². The zero-order valence-electron chi connectivity index (χ0n) is 19.0. The molecule has 1 N–H and O–H groups in total. The second kappa shape index (κ2) is 10.8. The maximum atomic E-state index is 13.8. The van der Waals surface area contributed by atoms with Gasteiger partial charge in [-0.05, 0) is 55.3 Å². The van der Waals surface area contributed by atoms with Gasteiger partial charge in [0, 0.05) is 37.8 Å². The van der Waals surface area contributed by atoms with Crippen LogP contribution >= 0.6 is 0 Å². The lowest BCUT2D eigenvalue weighted by molar-refractivity contribution is -0.136. The highest BCUT2D eigenvalue weighted by Crippen LogP contribution is 2.14. The van der Waals surface area contributed by atoms with Crippen molar-refractivity contribution >= 4 is 23.8 Å². The number of halogens is 1. The normalized spacial score (nSPS) is 14.8. The molecule has 1 aliphatic heterocycles. The van der Waals surface area contributed by atoms with E-state index in [4.69, 9.17) is 4.74 Å². The number of amides is 3. The van der Waals surface area contributed by atoms with Gasteiger partial charge in [0.2, 0.25) is 11.8 Å². The average Bonchev–Trinajstić information content (AvgIpc) is 2.84. The first-order chi connectivity index (χ1) is 15.8. The maximum Gasteiger partial charge on any atom is 0.254 e. The maximum absolute atomic E-state index is 13.8. The molecule has 8 heteroatoms. The minimum atomic E-state index is -0.702. The fraction of sp³-hybridized carbons (Fsp3) is 0.320. The van der Waals surface area contributed by atoms with Crippen LogP contribution in [0.1, 0.15) is 28.4 Å². The number of carbonyl (C=O) groups excluding carboxylic acids is 3. The van der Waals surface area contributed by atoms with Crippen molar-refractivity contribution in [1.29, 1.82) is 0 Å². The van der Waals surface area contributed by atoms with Crippen LogP contribution in [0.5, 0.6) is 5.75 Å². The summed E-state index contributed by atoms with van der Waals surface area (Å²) >= 11 is 0. The minimum absolute atomic E-state index is 0.213. The van der Waals surface area contributed by atoms with Crippen LogP contribution in [0.4, 0.5) is 4.39 Å². The van der Waals surface area contributed by atoms with Gasteiger partial charge in [-0.3, -0.25) is 14.4 Å². The molecule has 1 saturated heterocycles. The molecule has 0 bridgehead atoms. The first kappa shape index (κ1) is 24.0. The lowest BCUT2D eigenvalue weighted by Crippen LogP contribution is -2.55. The second-order valence-corrected chi connectivity index (χ2v) is 7.92. The molecule has 1 heterocycles. The fourth-order valence-electron chi connectivity index (χ4n) is 3.52. The molecule has 0 saturated carbocycles. The van der Waals surface area contributed by atoms with Crippen molar-refractivity contribution in [3.63, 3.8) is 0 Å². The van der Waals surface area contributed by atoms with Crippen molar-refractivity contribution in [3.8, 4) is 5.75 Å². The zero-order valence-corrected chi connectivity index (χ0v) is 19.0. The zero-order chi connectivity index (χ0) is 24.0. The largest absolute Gasteiger partial charge is 0.497 e. The monoisotopic (exact) mass is 453 g/mol. The summed E-state index contributed by atoms with van der Waals surface area (Å²) in [5.74, 6) is -0.536. The highest BCUT2D eigenvalue weighted by molar-refractivity contribution is 5.96. The molecule has 2 aromatic carbocycles. The van der Waals surface area contributed by atoms with Crippen molar-refractivity contribution in [2.24, 2.45) is 0 Å². The van der Waals surface area contributed by atoms with Gasteiger partial charge in [-0.15, -0.1) is 0 Å². The highest BCUT2D eigenvalue weighted by atomic mass is 19.1. The number of hydrogen-bond acceptors (Lipinski definition) is 4. The number of carbonyl (C=O) groups is 3. The predicted octanol–water partition coefficient (Wildman–Crippen LogP) is 2.65. The molecule has 3 amide bonds. The Morgan fingerprint density at radius 1 is 1.03 bits per heavy atom. The van der Waals surface area contributed by atoms with Crippen molar-refractivity contribution in [2.45, 2.75) is 19.9 Å². The summed E-state index contributed by atoms with van der Waals surface area (Å²) in [4.78, 5) is 40.8. The molecule has 7 nitrogen and oxygen atoms in total. The van der Waals surface area contributed by atoms with Crippen molar-refractivity contribution < 1.29 is 23.5 Å². The molecule has 0 aromatic heterocycles. The molecule has 33 heavy (non-hydrogen) atoms. The van der Waals surface area contributed by atoms with E-state index < -0.39 is 11.9 Å². The van der Waals surface area contributed by atoms with Gasteiger partial charge < -0.3 is 19.9 Å². The number of aryl methyl sites for hydroxylation is 1. The van der Waals surface area contributed by atoms with E-state index >= 15 is 0 Å². The third-order valence-corrected chi connectivity index (χ3v) is 5.57. The summed E-state index contributed by atoms with van der Waals surface area (Å²) in [5, 5.41) is 2.68. The van der Waals surface area contributed by atoms with Gasteiger partial charge in [0.15, 0.2) is 0 Å². The Hall–Kier alpha value is -3.68. The molecule has 1 atom stereocenters. The molecule has 0 aliphatic carbocycles. The first-order valence-corrected chi connectivity index (χ1v) is 10.8. The third-order valence-electron chi connectivity index (χ3n) is 5.57. The van der Waals surface area contributed by atoms with Crippen molar-refractivity contribution in [2.75, 3.05) is 33.3 Å². The second-order valence-electron chi connectivity index (χ2n) is 7.92. The van der Waals surface area contributed by atoms with Gasteiger partial charge in [0.1, 0.15) is 17.6 Å². The molecule has 0 spiro atoms. The Balaban J connectivity index is 1.48. The molecule has 174 valence electrons. The lowest BCUT2D eigenvalue weighted by atomic mass is 10.1. The van der Waals surface area contributed by atoms with E-state index in [2.05, 4.69) is 5.32 Å². The number of methoxy groups -OCH3 is 1. The van der Waals surface area contributed by atoms with E-state index in [-0.39, 0.29) is 17.7 Å². The Kier molecular flexibility index (Phi) is 7.82. The molecule has 0 radical (unpaired) electrons. The number of rotatable bonds is 6. The number of benzene rings is 2. The number of nitrogens with one attached hydrogen (secondary N) is 1. The van der Waals surface area contributed by atoms with Gasteiger partial charge >= 0.3 is 0 Å². The number of piperazine rings is 1. The molecular weight excluding hydrogens is 425 g/mol. The molecule has 3 rings (SSSR count). The van der Waals surface area contributed by atoms with E-state index in [0.717, 1.165) is 11.3 Å². The summed E-state index contributed by atoms with van der Waals surface area (Å²) in [6.07, 6.45) is 3.03. The summed E-state index contributed by atoms with van der Waals surface area (Å²) < 4.78 is 18.9. The first-order valence-electron chi connectivity index (χ1n) is 10.8. The lowest BCUT2D eigenvalue weighted by Gasteiger charge is -2.36. The number of hydrogen-bond donors (Lipinski definition) is 1. The van der Waals surface area contributed by atoms with Crippen LogP contribution < -0.4 is 10.1 Å². The fourth-order valence-corrected chi connectivity index (χ4v) is 3.52. The van der Waals surface area contributed by atoms with Gasteiger partial charge in [-0.1, -0.05) is 18.2 Å². The predicted molar refractivity (Wildman–Crippen MR) is 123 cm³/mol. The van der Waals surface area contributed by atoms with Crippen LogP contribution in [0.15, 0.2) is 48.5 Å². The van der Waals surface area contributed by atoms with E-state index in [1.165, 1.54) is 12.1 Å². The van der Waals surface area contributed by atoms with Crippen LogP contribution in [0.3, 0.4) is 0 Å². The summed E-state index contributed by atoms with van der Waals surface area (Å²) in [7, 11) is 1.58. The van der Waals surface area contributed by atoms with Crippen LogP contribution in [-0.2, 0) is 9.59 Å². The Labute approximate surface area is 192 Å². The SMILES string of the molecule is COc1ccc(C=CC(=O)NC(C)C(=O)N2CCN(C(=O)c3ccc(C)c(F)c3)CC2)cc1. The minimum Gasteiger partial charge on any atom is -0.497 e. The number of nitrogens with zero attached hydrogens (tertiary/aromatic N) is 2. The van der Waals surface area contributed by atoms with Crippen LogP contribution in [0, 0.1) is 12.7 Å². The van der Waals surface area contributed by atoms with Crippen LogP contribution in [-0.4, -0.2) is 66.9 Å². The summed E-state index contributed by atoms with van der Waals surface area (Å²) in [6, 6.07) is 11.0. The quantitative estimate of drug-likeness (QED) is 0.682. The van der Waals surface area contributed by atoms with Gasteiger partial charge in [-0.2, -0.15) is 0 Å². The standard InChI is InChI=1S/C25H28FN3O4/c1-17-4-8-20(16-22(17)26)25(32)29-14-12-28(13-15-29)24(31)18(2)27-23(30)11-7-19-5-9-21(33-3)10-6-19/h4-11,16,18H,12-15H2,1-3H3,(H,27,30). The summed E-state index contributed by atoms with van der Waals surface area (Å²) in [6.45, 7) is 4.66. The van der Waals surface area contributed by atoms with Crippen LogP contribution in [0.25, 0.3) is 6.08 Å². The van der Waals surface area contributed by atoms with Crippen molar-refractivity contribution in [1.82, 2.24) is 15.1 Å². The Morgan fingerprint density at radius 3 is 2.27 bits per heavy atom. The Morgan fingerprint density at radius 2 is 1.67 bits per heavy atom. The van der Waals surface area contributed by atoms with Gasteiger partial charge in [0.05, 0.1) is 7.11 Å². The molecule has 2 aromatic rings. The van der Waals surface area contributed by atoms with E-state index in [1.807, 2.05) is 12.1 Å². The topological polar surface area (TPSA) is 79.0 Å². The molecule has 1 unspecified atom stereocenters. The smallest absolute Gasteiger partial charge is 0.254 e. The Bertz CT molecular complexity index is 1040. The van der Waals surface area contributed by atoms with Crippen LogP contribution in [0.2, 0.25) is 0 Å². The van der Waals surface area contributed by atoms with Gasteiger partial charge in [-0.25, -0.2) is 4.39 Å². The van der Waals surface area contributed by atoms with E-state index in [1.54, 1.807) is 61.1 Å².